The van der Waals surface area contributed by atoms with Crippen molar-refractivity contribution in [1.82, 2.24) is 10.4 Å². The lowest BCUT2D eigenvalue weighted by molar-refractivity contribution is -0.171. The second-order valence-electron chi connectivity index (χ2n) is 10.3. The van der Waals surface area contributed by atoms with Crippen molar-refractivity contribution in [1.29, 1.82) is 0 Å². The van der Waals surface area contributed by atoms with Crippen LogP contribution in [0, 0.1) is 0 Å². The molecule has 3 amide bonds. The number of benzene rings is 4. The van der Waals surface area contributed by atoms with Crippen LogP contribution in [0.3, 0.4) is 0 Å². The Kier molecular flexibility index (Phi) is 6.47. The molecule has 43 heavy (non-hydrogen) atoms. The van der Waals surface area contributed by atoms with Gasteiger partial charge in [0.15, 0.2) is 0 Å². The lowest BCUT2D eigenvalue weighted by Gasteiger charge is -2.20. The molecule has 9 nitrogen and oxygen atoms in total. The van der Waals surface area contributed by atoms with Crippen molar-refractivity contribution >= 4 is 34.8 Å². The van der Waals surface area contributed by atoms with Gasteiger partial charge in [0.25, 0.3) is 11.8 Å². The normalized spacial score (nSPS) is 14.3. The molecule has 1 atom stereocenters. The molecular formula is C34H24N2O7. The minimum atomic E-state index is -1.33. The third kappa shape index (κ3) is 4.70. The van der Waals surface area contributed by atoms with E-state index in [1.807, 2.05) is 66.7 Å². The molecule has 212 valence electrons. The Hall–Kier alpha value is -5.70. The first-order valence-corrected chi connectivity index (χ1v) is 13.8. The number of imide groups is 1. The van der Waals surface area contributed by atoms with E-state index in [1.54, 1.807) is 24.3 Å². The summed E-state index contributed by atoms with van der Waals surface area (Å²) in [4.78, 5) is 57.4. The fraction of sp³-hybridized carbons (Fsp3) is 0.118. The van der Waals surface area contributed by atoms with Crippen molar-refractivity contribution in [3.8, 4) is 11.1 Å². The summed E-state index contributed by atoms with van der Waals surface area (Å²) >= 11 is 0. The Morgan fingerprint density at radius 2 is 1.33 bits per heavy atom. The number of nitrogens with zero attached hydrogens (tertiary/aromatic N) is 1. The Balaban J connectivity index is 1.10. The van der Waals surface area contributed by atoms with Crippen LogP contribution in [0.25, 0.3) is 22.1 Å². The molecule has 9 heteroatoms. The topological polar surface area (TPSA) is 115 Å². The minimum absolute atomic E-state index is 0.0324. The van der Waals surface area contributed by atoms with Gasteiger partial charge in [0.2, 0.25) is 0 Å². The molecule has 7 rings (SSSR count). The summed E-state index contributed by atoms with van der Waals surface area (Å²) in [6.45, 7) is 0.0324. The van der Waals surface area contributed by atoms with Crippen LogP contribution in [0.5, 0.6) is 0 Å². The SMILES string of the molecule is O=C(NC(Cc1cc2ccccc2o1)C(=O)ON1C(=O)c2ccccc2C1=O)OCC1c2ccccc2-c2ccccc21. The number of fused-ring (bicyclic) bond motifs is 5. The van der Waals surface area contributed by atoms with Crippen molar-refractivity contribution in [2.75, 3.05) is 6.61 Å². The zero-order valence-electron chi connectivity index (χ0n) is 22.7. The van der Waals surface area contributed by atoms with Crippen LogP contribution in [0.1, 0.15) is 43.5 Å². The van der Waals surface area contributed by atoms with E-state index in [0.717, 1.165) is 27.6 Å². The highest BCUT2D eigenvalue weighted by atomic mass is 16.7. The molecule has 0 bridgehead atoms. The lowest BCUT2D eigenvalue weighted by atomic mass is 9.98. The maximum atomic E-state index is 13.4. The monoisotopic (exact) mass is 572 g/mol. The lowest BCUT2D eigenvalue weighted by Crippen LogP contribution is -2.47. The van der Waals surface area contributed by atoms with Crippen molar-refractivity contribution in [2.24, 2.45) is 0 Å². The van der Waals surface area contributed by atoms with E-state index >= 15 is 0 Å². The van der Waals surface area contributed by atoms with Gasteiger partial charge in [0.1, 0.15) is 24.0 Å². The van der Waals surface area contributed by atoms with E-state index in [2.05, 4.69) is 5.32 Å². The van der Waals surface area contributed by atoms with E-state index in [0.29, 0.717) is 16.4 Å². The van der Waals surface area contributed by atoms with E-state index in [1.165, 1.54) is 12.1 Å². The molecule has 0 saturated carbocycles. The molecule has 0 saturated heterocycles. The number of nitrogens with one attached hydrogen (secondary N) is 1. The second kappa shape index (κ2) is 10.6. The molecule has 0 radical (unpaired) electrons. The molecule has 4 aromatic carbocycles. The maximum absolute atomic E-state index is 13.4. The third-order valence-corrected chi connectivity index (χ3v) is 7.74. The van der Waals surface area contributed by atoms with Gasteiger partial charge in [-0.3, -0.25) is 9.59 Å². The van der Waals surface area contributed by atoms with Gasteiger partial charge in [-0.05, 0) is 46.5 Å². The highest BCUT2D eigenvalue weighted by Gasteiger charge is 2.40. The van der Waals surface area contributed by atoms with Crippen molar-refractivity contribution in [3.05, 3.63) is 131 Å². The van der Waals surface area contributed by atoms with Crippen LogP contribution < -0.4 is 5.32 Å². The van der Waals surface area contributed by atoms with E-state index in [-0.39, 0.29) is 30.1 Å². The number of alkyl carbamates (subject to hydrolysis) is 1. The number of carbonyl (C=O) groups excluding carboxylic acids is 4. The minimum Gasteiger partial charge on any atom is -0.461 e. The van der Waals surface area contributed by atoms with E-state index < -0.39 is 29.9 Å². The fourth-order valence-corrected chi connectivity index (χ4v) is 5.72. The van der Waals surface area contributed by atoms with E-state index in [9.17, 15) is 19.2 Å². The molecule has 0 fully saturated rings. The summed E-state index contributed by atoms with van der Waals surface area (Å²) in [7, 11) is 0. The Morgan fingerprint density at radius 1 is 0.767 bits per heavy atom. The molecule has 1 aromatic heterocycles. The Labute approximate surface area is 245 Å². The molecule has 5 aromatic rings. The first-order chi connectivity index (χ1) is 21.0. The van der Waals surface area contributed by atoms with Crippen LogP contribution >= 0.6 is 0 Å². The maximum Gasteiger partial charge on any atom is 0.407 e. The number of hydrogen-bond donors (Lipinski definition) is 1. The number of rotatable bonds is 7. The highest BCUT2D eigenvalue weighted by Crippen LogP contribution is 2.44. The Bertz CT molecular complexity index is 1810. The van der Waals surface area contributed by atoms with Gasteiger partial charge in [-0.1, -0.05) is 83.9 Å². The number of ether oxygens (including phenoxy) is 1. The van der Waals surface area contributed by atoms with Gasteiger partial charge in [0.05, 0.1) is 11.1 Å². The Morgan fingerprint density at radius 3 is 1.95 bits per heavy atom. The largest absolute Gasteiger partial charge is 0.461 e. The number of hydrogen-bond acceptors (Lipinski definition) is 7. The van der Waals surface area contributed by atoms with Crippen LogP contribution in [-0.4, -0.2) is 41.6 Å². The molecule has 2 aliphatic rings. The van der Waals surface area contributed by atoms with Crippen LogP contribution in [0.15, 0.2) is 108 Å². The van der Waals surface area contributed by atoms with Crippen LogP contribution in [0.2, 0.25) is 0 Å². The van der Waals surface area contributed by atoms with Crippen molar-refractivity contribution in [2.45, 2.75) is 18.4 Å². The smallest absolute Gasteiger partial charge is 0.407 e. The summed E-state index contributed by atoms with van der Waals surface area (Å²) in [5.41, 5.74) is 5.10. The molecular weight excluding hydrogens is 548 g/mol. The number of para-hydroxylation sites is 1. The van der Waals surface area contributed by atoms with Gasteiger partial charge in [0, 0.05) is 17.7 Å². The highest BCUT2D eigenvalue weighted by molar-refractivity contribution is 6.21. The molecule has 1 unspecified atom stereocenters. The van der Waals surface area contributed by atoms with Gasteiger partial charge in [-0.15, -0.1) is 0 Å². The summed E-state index contributed by atoms with van der Waals surface area (Å²) in [5.74, 6) is -2.35. The molecule has 1 aliphatic heterocycles. The van der Waals surface area contributed by atoms with Crippen LogP contribution in [-0.2, 0) is 20.8 Å². The van der Waals surface area contributed by atoms with Gasteiger partial charge < -0.3 is 19.3 Å². The quantitative estimate of drug-likeness (QED) is 0.251. The van der Waals surface area contributed by atoms with Gasteiger partial charge in [-0.2, -0.15) is 0 Å². The number of hydroxylamine groups is 2. The summed E-state index contributed by atoms with van der Waals surface area (Å²) in [5, 5.41) is 3.79. The second-order valence-corrected chi connectivity index (χ2v) is 10.3. The van der Waals surface area contributed by atoms with Gasteiger partial charge in [-0.25, -0.2) is 9.59 Å². The summed E-state index contributed by atoms with van der Waals surface area (Å²) < 4.78 is 11.5. The molecule has 0 spiro atoms. The predicted octanol–water partition coefficient (Wildman–Crippen LogP) is 5.64. The number of amides is 3. The average molecular weight is 573 g/mol. The fourth-order valence-electron chi connectivity index (χ4n) is 5.72. The predicted molar refractivity (Wildman–Crippen MR) is 155 cm³/mol. The standard InChI is InChI=1S/C34H24N2O7/c37-31-26-14-6-7-15-27(26)32(38)36(31)43-33(39)29(18-21-17-20-9-1-8-16-30(20)42-21)35-34(40)41-19-28-24-12-4-2-10-22(24)23-11-3-5-13-25(23)28/h1-17,28-29H,18-19H2,(H,35,40). The first-order valence-electron chi connectivity index (χ1n) is 13.8. The van der Waals surface area contributed by atoms with Crippen molar-refractivity contribution < 1.29 is 33.2 Å². The number of carbonyl (C=O) groups is 4. The van der Waals surface area contributed by atoms with E-state index in [4.69, 9.17) is 14.0 Å². The average Bonchev–Trinajstić information content (AvgIpc) is 3.66. The van der Waals surface area contributed by atoms with Crippen LogP contribution in [0.4, 0.5) is 4.79 Å². The van der Waals surface area contributed by atoms with Crippen molar-refractivity contribution in [3.63, 3.8) is 0 Å². The zero-order valence-corrected chi connectivity index (χ0v) is 22.7. The van der Waals surface area contributed by atoms with Gasteiger partial charge >= 0.3 is 12.1 Å². The molecule has 1 aliphatic carbocycles. The third-order valence-electron chi connectivity index (χ3n) is 7.74. The number of furan rings is 1. The summed E-state index contributed by atoms with van der Waals surface area (Å²) in [6, 6.07) is 29.8. The zero-order chi connectivity index (χ0) is 29.5. The first kappa shape index (κ1) is 26.2. The molecule has 1 N–H and O–H groups in total. The molecule has 2 heterocycles. The summed E-state index contributed by atoms with van der Waals surface area (Å²) in [6.07, 6.45) is -0.969.